The smallest absolute Gasteiger partial charge is 0.412 e. The topological polar surface area (TPSA) is 84.6 Å². The number of rotatable bonds is 7. The number of aliphatic hydroxyl groups excluding tert-OH is 1. The lowest BCUT2D eigenvalue weighted by Crippen LogP contribution is -2.16. The number of aromatic nitrogens is 1. The molecule has 0 radical (unpaired) electrons. The molecule has 0 saturated heterocycles. The highest BCUT2D eigenvalue weighted by Gasteiger charge is 2.47. The minimum atomic E-state index is -0.574. The molecule has 36 heavy (non-hydrogen) atoms. The van der Waals surface area contributed by atoms with Crippen molar-refractivity contribution in [1.82, 2.24) is 5.16 Å². The minimum absolute atomic E-state index is 0.241. The predicted octanol–water partition coefficient (Wildman–Crippen LogP) is 7.73. The van der Waals surface area contributed by atoms with Gasteiger partial charge >= 0.3 is 6.09 Å². The van der Waals surface area contributed by atoms with Gasteiger partial charge in [0, 0.05) is 5.56 Å². The summed E-state index contributed by atoms with van der Waals surface area (Å²) in [6.45, 7) is 7.34. The molecule has 182 valence electrons. The fourth-order valence-corrected chi connectivity index (χ4v) is 4.46. The maximum atomic E-state index is 12.6. The van der Waals surface area contributed by atoms with Crippen LogP contribution < -0.4 is 5.32 Å². The zero-order valence-electron chi connectivity index (χ0n) is 20.3. The summed E-state index contributed by atoms with van der Waals surface area (Å²) < 4.78 is 11.1. The Morgan fingerprint density at radius 2 is 1.58 bits per heavy atom. The highest BCUT2D eigenvalue weighted by molar-refractivity contribution is 5.91. The first-order valence-electron chi connectivity index (χ1n) is 12.0. The highest BCUT2D eigenvalue weighted by atomic mass is 16.6. The predicted molar refractivity (Wildman–Crippen MR) is 140 cm³/mol. The molecule has 0 bridgehead atoms. The van der Waals surface area contributed by atoms with Crippen LogP contribution in [-0.4, -0.2) is 16.4 Å². The molecule has 0 unspecified atom stereocenters. The van der Waals surface area contributed by atoms with Crippen LogP contribution in [-0.2, 0) is 10.2 Å². The molecule has 1 aromatic heterocycles. The maximum absolute atomic E-state index is 12.6. The van der Waals surface area contributed by atoms with E-state index in [1.807, 2.05) is 61.5 Å². The van der Waals surface area contributed by atoms with Gasteiger partial charge in [-0.05, 0) is 48.9 Å². The van der Waals surface area contributed by atoms with Crippen LogP contribution in [0.4, 0.5) is 10.5 Å². The molecule has 1 aliphatic rings. The van der Waals surface area contributed by atoms with Gasteiger partial charge in [-0.15, -0.1) is 0 Å². The number of nitrogens with one attached hydrogen (secondary N) is 1. The van der Waals surface area contributed by atoms with Crippen molar-refractivity contribution in [2.45, 2.75) is 38.2 Å². The van der Waals surface area contributed by atoms with Crippen LogP contribution in [0.1, 0.15) is 42.7 Å². The summed E-state index contributed by atoms with van der Waals surface area (Å²) >= 11 is 0. The van der Waals surface area contributed by atoms with Crippen molar-refractivity contribution in [1.29, 1.82) is 0 Å². The Hall–Kier alpha value is -4.32. The Labute approximate surface area is 210 Å². The van der Waals surface area contributed by atoms with Crippen LogP contribution in [0.25, 0.3) is 22.5 Å². The molecular weight excluding hydrogens is 452 g/mol. The molecule has 3 aromatic carbocycles. The monoisotopic (exact) mass is 480 g/mol. The van der Waals surface area contributed by atoms with E-state index in [2.05, 4.69) is 41.3 Å². The van der Waals surface area contributed by atoms with Crippen molar-refractivity contribution in [3.05, 3.63) is 108 Å². The fraction of sp³-hybridized carbons (Fsp3) is 0.200. The fourth-order valence-electron chi connectivity index (χ4n) is 4.46. The van der Waals surface area contributed by atoms with Crippen molar-refractivity contribution >= 4 is 11.8 Å². The van der Waals surface area contributed by atoms with E-state index in [-0.39, 0.29) is 11.2 Å². The van der Waals surface area contributed by atoms with Crippen molar-refractivity contribution in [2.75, 3.05) is 5.32 Å². The third-order valence-electron chi connectivity index (χ3n) is 6.86. The number of benzene rings is 3. The normalized spacial score (nSPS) is 14.6. The maximum Gasteiger partial charge on any atom is 0.412 e. The number of carbonyl (C=O) groups excluding carboxylic acids is 1. The van der Waals surface area contributed by atoms with Crippen LogP contribution in [0.5, 0.6) is 0 Å². The second-order valence-corrected chi connectivity index (χ2v) is 9.24. The SMILES string of the molecule is C=C(O)C1(c2ccc(-c3ccc(-c4onc(C)c4NC(=O)O[C@H](C)c4ccccc4)cc3)cc2)CC1. The molecule has 1 heterocycles. The highest BCUT2D eigenvalue weighted by Crippen LogP contribution is 2.52. The molecule has 0 aliphatic heterocycles. The summed E-state index contributed by atoms with van der Waals surface area (Å²) in [5, 5.41) is 16.8. The van der Waals surface area contributed by atoms with Crippen LogP contribution in [0, 0.1) is 6.92 Å². The zero-order chi connectivity index (χ0) is 25.3. The lowest BCUT2D eigenvalue weighted by Gasteiger charge is -2.15. The molecule has 5 rings (SSSR count). The number of anilines is 1. The van der Waals surface area contributed by atoms with Crippen molar-refractivity contribution in [2.24, 2.45) is 0 Å². The molecule has 0 spiro atoms. The number of aryl methyl sites for hydroxylation is 1. The Morgan fingerprint density at radius 1 is 1.00 bits per heavy atom. The van der Waals surface area contributed by atoms with Crippen LogP contribution >= 0.6 is 0 Å². The first kappa shape index (κ1) is 23.4. The average molecular weight is 481 g/mol. The number of amides is 1. The van der Waals surface area contributed by atoms with Crippen LogP contribution in [0.3, 0.4) is 0 Å². The number of allylic oxidation sites excluding steroid dienone is 1. The van der Waals surface area contributed by atoms with Crippen molar-refractivity contribution in [3.8, 4) is 22.5 Å². The number of ether oxygens (including phenoxy) is 1. The quantitative estimate of drug-likeness (QED) is 0.264. The average Bonchev–Trinajstić information content (AvgIpc) is 3.64. The Bertz CT molecular complexity index is 1390. The first-order valence-corrected chi connectivity index (χ1v) is 12.0. The Morgan fingerprint density at radius 3 is 2.17 bits per heavy atom. The summed E-state index contributed by atoms with van der Waals surface area (Å²) in [5.74, 6) is 0.709. The molecule has 1 aliphatic carbocycles. The molecule has 1 fully saturated rings. The van der Waals surface area contributed by atoms with Gasteiger partial charge in [-0.1, -0.05) is 90.6 Å². The van der Waals surface area contributed by atoms with Crippen LogP contribution in [0.2, 0.25) is 0 Å². The van der Waals surface area contributed by atoms with E-state index in [1.54, 1.807) is 6.92 Å². The number of hydrogen-bond acceptors (Lipinski definition) is 5. The summed E-state index contributed by atoms with van der Waals surface area (Å²) in [4.78, 5) is 12.6. The molecule has 1 saturated carbocycles. The summed E-state index contributed by atoms with van der Waals surface area (Å²) in [6, 6.07) is 25.7. The van der Waals surface area contributed by atoms with Gasteiger partial charge < -0.3 is 14.4 Å². The number of nitrogens with zero attached hydrogens (tertiary/aromatic N) is 1. The molecule has 6 nitrogen and oxygen atoms in total. The van der Waals surface area contributed by atoms with Gasteiger partial charge in [0.25, 0.3) is 0 Å². The minimum Gasteiger partial charge on any atom is -0.512 e. The molecule has 1 amide bonds. The summed E-state index contributed by atoms with van der Waals surface area (Å²) in [7, 11) is 0. The third kappa shape index (κ3) is 4.50. The van der Waals surface area contributed by atoms with Crippen molar-refractivity contribution in [3.63, 3.8) is 0 Å². The molecule has 6 heteroatoms. The van der Waals surface area contributed by atoms with Gasteiger partial charge in [-0.25, -0.2) is 4.79 Å². The third-order valence-corrected chi connectivity index (χ3v) is 6.86. The first-order chi connectivity index (χ1) is 17.4. The van der Waals surface area contributed by atoms with E-state index >= 15 is 0 Å². The number of aliphatic hydroxyl groups is 1. The van der Waals surface area contributed by atoms with E-state index in [0.717, 1.165) is 40.7 Å². The lowest BCUT2D eigenvalue weighted by molar-refractivity contribution is 0.121. The van der Waals surface area contributed by atoms with Gasteiger partial charge in [-0.3, -0.25) is 5.32 Å². The lowest BCUT2D eigenvalue weighted by atomic mass is 9.92. The van der Waals surface area contributed by atoms with Gasteiger partial charge in [0.15, 0.2) is 5.76 Å². The second-order valence-electron chi connectivity index (χ2n) is 9.24. The zero-order valence-corrected chi connectivity index (χ0v) is 20.3. The molecule has 1 atom stereocenters. The van der Waals surface area contributed by atoms with E-state index in [1.165, 1.54) is 0 Å². The van der Waals surface area contributed by atoms with Gasteiger partial charge in [0.05, 0.1) is 11.2 Å². The summed E-state index contributed by atoms with van der Waals surface area (Å²) in [6.07, 6.45) is 0.893. The van der Waals surface area contributed by atoms with Gasteiger partial charge in [-0.2, -0.15) is 0 Å². The summed E-state index contributed by atoms with van der Waals surface area (Å²) in [5.41, 5.74) is 5.68. The van der Waals surface area contributed by atoms with E-state index in [4.69, 9.17) is 9.26 Å². The molecule has 2 N–H and O–H groups in total. The number of hydrogen-bond donors (Lipinski definition) is 2. The molecular formula is C30H28N2O4. The second kappa shape index (κ2) is 9.38. The Balaban J connectivity index is 1.30. The standard InChI is InChI=1S/C30H28N2O4/c1-19-27(31-29(34)35-20(2)22-7-5-4-6-8-22)28(36-32-19)25-11-9-23(10-12-25)24-13-15-26(16-14-24)30(17-18-30)21(3)33/h4-16,20,33H,3,17-18H2,1-2H3,(H,31,34)/t20-/m1/s1. The van der Waals surface area contributed by atoms with Crippen molar-refractivity contribution < 1.29 is 19.2 Å². The van der Waals surface area contributed by atoms with E-state index in [0.29, 0.717) is 17.1 Å². The van der Waals surface area contributed by atoms with Gasteiger partial charge in [0.2, 0.25) is 0 Å². The largest absolute Gasteiger partial charge is 0.512 e. The van der Waals surface area contributed by atoms with Crippen LogP contribution in [0.15, 0.2) is 95.7 Å². The Kier molecular flexibility index (Phi) is 6.10. The van der Waals surface area contributed by atoms with E-state index in [9.17, 15) is 9.90 Å². The number of carbonyl (C=O) groups is 1. The van der Waals surface area contributed by atoms with Gasteiger partial charge in [0.1, 0.15) is 17.5 Å². The van der Waals surface area contributed by atoms with E-state index < -0.39 is 12.2 Å². The molecule has 4 aromatic rings.